The summed E-state index contributed by atoms with van der Waals surface area (Å²) in [6.07, 6.45) is 3.15. The minimum atomic E-state index is 0.00114. The minimum absolute atomic E-state index is 0.00114. The molecule has 1 amide bonds. The maximum absolute atomic E-state index is 11.5. The van der Waals surface area contributed by atoms with Gasteiger partial charge in [0.25, 0.3) is 0 Å². The highest BCUT2D eigenvalue weighted by molar-refractivity contribution is 5.76. The molecule has 0 radical (unpaired) electrons. The largest absolute Gasteiger partial charge is 0.372 e. The number of nitrogens with zero attached hydrogens (tertiary/aromatic N) is 3. The molecule has 0 bridgehead atoms. The van der Waals surface area contributed by atoms with E-state index < -0.39 is 0 Å². The van der Waals surface area contributed by atoms with Crippen LogP contribution in [0, 0.1) is 12.8 Å². The number of aryl methyl sites for hydroxylation is 1. The standard InChI is InChI=1S/C18H29N3O4/c1-14-8-16(19-25-14)10-21-12-18(13-21)9-15(5-7-24-18)4-6-23-11-17(22)20(2)3/h8,15H,4-7,9-13H2,1-3H3/t15-/m1/s1. The lowest BCUT2D eigenvalue weighted by atomic mass is 9.79. The van der Waals surface area contributed by atoms with Gasteiger partial charge in [-0.3, -0.25) is 9.69 Å². The molecule has 1 aromatic rings. The van der Waals surface area contributed by atoms with Crippen LogP contribution in [0.1, 0.15) is 30.7 Å². The smallest absolute Gasteiger partial charge is 0.248 e. The van der Waals surface area contributed by atoms with Crippen molar-refractivity contribution in [1.29, 1.82) is 0 Å². The number of likely N-dealkylation sites (tertiary alicyclic amines) is 1. The van der Waals surface area contributed by atoms with E-state index in [-0.39, 0.29) is 18.1 Å². The predicted molar refractivity (Wildman–Crippen MR) is 92.1 cm³/mol. The maximum atomic E-state index is 11.5. The molecular formula is C18H29N3O4. The maximum Gasteiger partial charge on any atom is 0.248 e. The molecule has 1 aromatic heterocycles. The van der Waals surface area contributed by atoms with E-state index in [1.165, 1.54) is 0 Å². The molecule has 7 nitrogen and oxygen atoms in total. The average molecular weight is 351 g/mol. The SMILES string of the molecule is Cc1cc(CN2CC3(C[C@H](CCOCC(=O)N(C)C)CCO3)C2)no1. The van der Waals surface area contributed by atoms with Crippen molar-refractivity contribution >= 4 is 5.91 Å². The molecule has 3 heterocycles. The summed E-state index contributed by atoms with van der Waals surface area (Å²) in [7, 11) is 3.49. The van der Waals surface area contributed by atoms with Gasteiger partial charge in [-0.15, -0.1) is 0 Å². The fourth-order valence-electron chi connectivity index (χ4n) is 3.74. The van der Waals surface area contributed by atoms with Crippen molar-refractivity contribution < 1.29 is 18.8 Å². The third-order valence-electron chi connectivity index (χ3n) is 5.08. The van der Waals surface area contributed by atoms with Crippen LogP contribution in [0.5, 0.6) is 0 Å². The highest BCUT2D eigenvalue weighted by Crippen LogP contribution is 2.38. The van der Waals surface area contributed by atoms with E-state index in [2.05, 4.69) is 10.1 Å². The summed E-state index contributed by atoms with van der Waals surface area (Å²) in [5.41, 5.74) is 0.986. The zero-order valence-electron chi connectivity index (χ0n) is 15.5. The zero-order valence-corrected chi connectivity index (χ0v) is 15.5. The van der Waals surface area contributed by atoms with Crippen LogP contribution >= 0.6 is 0 Å². The van der Waals surface area contributed by atoms with Crippen molar-refractivity contribution in [2.24, 2.45) is 5.92 Å². The summed E-state index contributed by atoms with van der Waals surface area (Å²) in [5, 5.41) is 4.06. The highest BCUT2D eigenvalue weighted by atomic mass is 16.5. The number of likely N-dealkylation sites (N-methyl/N-ethyl adjacent to an activating group) is 1. The van der Waals surface area contributed by atoms with E-state index in [0.717, 1.165) is 57.0 Å². The predicted octanol–water partition coefficient (Wildman–Crippen LogP) is 1.46. The van der Waals surface area contributed by atoms with Crippen LogP contribution in [0.3, 0.4) is 0 Å². The van der Waals surface area contributed by atoms with E-state index in [4.69, 9.17) is 14.0 Å². The van der Waals surface area contributed by atoms with E-state index in [1.807, 2.05) is 13.0 Å². The number of amides is 1. The number of carbonyl (C=O) groups is 1. The van der Waals surface area contributed by atoms with E-state index >= 15 is 0 Å². The Morgan fingerprint density at radius 2 is 2.28 bits per heavy atom. The molecule has 2 saturated heterocycles. The van der Waals surface area contributed by atoms with Crippen LogP contribution in [0.2, 0.25) is 0 Å². The first-order valence-electron chi connectivity index (χ1n) is 9.02. The number of ether oxygens (including phenoxy) is 2. The normalized spacial score (nSPS) is 22.8. The van der Waals surface area contributed by atoms with Crippen LogP contribution in [0.4, 0.5) is 0 Å². The van der Waals surface area contributed by atoms with E-state index in [1.54, 1.807) is 19.0 Å². The van der Waals surface area contributed by atoms with E-state index in [0.29, 0.717) is 12.5 Å². The first-order chi connectivity index (χ1) is 12.0. The Bertz CT molecular complexity index is 581. The molecule has 1 spiro atoms. The molecule has 1 atom stereocenters. The first-order valence-corrected chi connectivity index (χ1v) is 9.02. The van der Waals surface area contributed by atoms with Crippen LogP contribution in [-0.2, 0) is 20.8 Å². The molecule has 2 aliphatic rings. The third-order valence-corrected chi connectivity index (χ3v) is 5.08. The van der Waals surface area contributed by atoms with Gasteiger partial charge in [-0.2, -0.15) is 0 Å². The van der Waals surface area contributed by atoms with Gasteiger partial charge in [-0.1, -0.05) is 5.16 Å². The van der Waals surface area contributed by atoms with Gasteiger partial charge >= 0.3 is 0 Å². The second-order valence-corrected chi connectivity index (χ2v) is 7.59. The second-order valence-electron chi connectivity index (χ2n) is 7.59. The van der Waals surface area contributed by atoms with Gasteiger partial charge < -0.3 is 18.9 Å². The Labute approximate surface area is 149 Å². The van der Waals surface area contributed by atoms with Crippen molar-refractivity contribution in [1.82, 2.24) is 15.0 Å². The summed E-state index contributed by atoms with van der Waals surface area (Å²) < 4.78 is 16.7. The Kier molecular flexibility index (Phi) is 5.76. The number of carbonyl (C=O) groups excluding carboxylic acids is 1. The molecule has 0 N–H and O–H groups in total. The monoisotopic (exact) mass is 351 g/mol. The van der Waals surface area contributed by atoms with Crippen LogP contribution in [0.25, 0.3) is 0 Å². The molecule has 0 aliphatic carbocycles. The Balaban J connectivity index is 1.36. The Morgan fingerprint density at radius 3 is 2.96 bits per heavy atom. The first kappa shape index (κ1) is 18.4. The Morgan fingerprint density at radius 1 is 1.48 bits per heavy atom. The summed E-state index contributed by atoms with van der Waals surface area (Å²) >= 11 is 0. The molecular weight excluding hydrogens is 322 g/mol. The van der Waals surface area contributed by atoms with Crippen LogP contribution in [0.15, 0.2) is 10.6 Å². The fourth-order valence-corrected chi connectivity index (χ4v) is 3.74. The summed E-state index contributed by atoms with van der Waals surface area (Å²) in [4.78, 5) is 15.4. The molecule has 0 unspecified atom stereocenters. The number of hydrogen-bond donors (Lipinski definition) is 0. The fraction of sp³-hybridized carbons (Fsp3) is 0.778. The second kappa shape index (κ2) is 7.85. The molecule has 7 heteroatoms. The number of aromatic nitrogens is 1. The van der Waals surface area contributed by atoms with Crippen molar-refractivity contribution in [3.8, 4) is 0 Å². The van der Waals surface area contributed by atoms with E-state index in [9.17, 15) is 4.79 Å². The quantitative estimate of drug-likeness (QED) is 0.693. The molecule has 25 heavy (non-hydrogen) atoms. The topological polar surface area (TPSA) is 68.0 Å². The lowest BCUT2D eigenvalue weighted by Gasteiger charge is -2.53. The molecule has 0 saturated carbocycles. The summed E-state index contributed by atoms with van der Waals surface area (Å²) in [6, 6.07) is 1.99. The molecule has 140 valence electrons. The van der Waals surface area contributed by atoms with Gasteiger partial charge in [0.05, 0.1) is 11.3 Å². The summed E-state index contributed by atoms with van der Waals surface area (Å²) in [5.74, 6) is 1.48. The number of rotatable bonds is 7. The van der Waals surface area contributed by atoms with Crippen LogP contribution < -0.4 is 0 Å². The van der Waals surface area contributed by atoms with Gasteiger partial charge in [-0.25, -0.2) is 0 Å². The third kappa shape index (κ3) is 4.80. The van der Waals surface area contributed by atoms with Gasteiger partial charge in [-0.05, 0) is 32.1 Å². The molecule has 3 rings (SSSR count). The van der Waals surface area contributed by atoms with Gasteiger partial charge in [0.15, 0.2) is 0 Å². The van der Waals surface area contributed by atoms with Crippen molar-refractivity contribution in [2.75, 3.05) is 47.0 Å². The Hall–Kier alpha value is -1.44. The van der Waals surface area contributed by atoms with Crippen molar-refractivity contribution in [3.05, 3.63) is 17.5 Å². The molecule has 0 aromatic carbocycles. The number of hydrogen-bond acceptors (Lipinski definition) is 6. The average Bonchev–Trinajstić information content (AvgIpc) is 2.95. The van der Waals surface area contributed by atoms with Gasteiger partial charge in [0.2, 0.25) is 5.91 Å². The van der Waals surface area contributed by atoms with Gasteiger partial charge in [0, 0.05) is 53.0 Å². The van der Waals surface area contributed by atoms with Crippen molar-refractivity contribution in [2.45, 2.75) is 38.3 Å². The minimum Gasteiger partial charge on any atom is -0.372 e. The molecule has 2 aliphatic heterocycles. The van der Waals surface area contributed by atoms with Gasteiger partial charge in [0.1, 0.15) is 12.4 Å². The van der Waals surface area contributed by atoms with Crippen LogP contribution in [-0.4, -0.2) is 73.5 Å². The summed E-state index contributed by atoms with van der Waals surface area (Å²) in [6.45, 7) is 6.28. The lowest BCUT2D eigenvalue weighted by molar-refractivity contribution is -0.182. The molecule has 2 fully saturated rings. The lowest BCUT2D eigenvalue weighted by Crippen LogP contribution is -2.64. The highest BCUT2D eigenvalue weighted by Gasteiger charge is 2.47. The van der Waals surface area contributed by atoms with Crippen molar-refractivity contribution in [3.63, 3.8) is 0 Å². The zero-order chi connectivity index (χ0) is 17.9.